The third-order valence-electron chi connectivity index (χ3n) is 4.29. The van der Waals surface area contributed by atoms with Crippen molar-refractivity contribution in [3.05, 3.63) is 83.4 Å². The Kier molecular flexibility index (Phi) is 5.05. The number of hydrogen-bond donors (Lipinski definition) is 2. The van der Waals surface area contributed by atoms with Gasteiger partial charge in [0.1, 0.15) is 11.5 Å². The predicted octanol–water partition coefficient (Wildman–Crippen LogP) is 3.49. The number of anilines is 1. The summed E-state index contributed by atoms with van der Waals surface area (Å²) < 4.78 is 23.6. The highest BCUT2D eigenvalue weighted by atomic mass is 19.1. The number of carbonyl (C=O) groups excluding carboxylic acids is 1. The lowest BCUT2D eigenvalue weighted by molar-refractivity contribution is 0.0946. The number of fused-ring (bicyclic) bond motifs is 1. The number of pyridine rings is 1. The second-order valence-electron chi connectivity index (χ2n) is 6.28. The minimum absolute atomic E-state index is 0.243. The summed E-state index contributed by atoms with van der Waals surface area (Å²) >= 11 is 0. The molecule has 1 aliphatic heterocycles. The number of aromatic nitrogens is 1. The smallest absolute Gasteiger partial charge is 0.270 e. The summed E-state index contributed by atoms with van der Waals surface area (Å²) in [5, 5.41) is 6.05. The zero-order chi connectivity index (χ0) is 19.3. The fourth-order valence-corrected chi connectivity index (χ4v) is 2.79. The maximum absolute atomic E-state index is 12.9. The summed E-state index contributed by atoms with van der Waals surface area (Å²) in [5.74, 6) is 0.872. The van der Waals surface area contributed by atoms with Gasteiger partial charge in [-0.15, -0.1) is 0 Å². The molecule has 0 radical (unpaired) electrons. The molecule has 0 aliphatic carbocycles. The van der Waals surface area contributed by atoms with Crippen LogP contribution in [-0.2, 0) is 13.1 Å². The number of hydrogen-bond acceptors (Lipinski definition) is 5. The van der Waals surface area contributed by atoms with E-state index in [1.165, 1.54) is 12.1 Å². The highest BCUT2D eigenvalue weighted by Crippen LogP contribution is 2.32. The third-order valence-corrected chi connectivity index (χ3v) is 4.29. The molecule has 1 amide bonds. The Morgan fingerprint density at radius 2 is 1.75 bits per heavy atom. The van der Waals surface area contributed by atoms with Crippen LogP contribution < -0.4 is 20.1 Å². The molecule has 2 aromatic carbocycles. The molecule has 1 aliphatic rings. The lowest BCUT2D eigenvalue weighted by Gasteiger charge is -2.09. The van der Waals surface area contributed by atoms with Crippen LogP contribution in [0.3, 0.4) is 0 Å². The van der Waals surface area contributed by atoms with E-state index in [-0.39, 0.29) is 18.5 Å². The molecule has 2 N–H and O–H groups in total. The van der Waals surface area contributed by atoms with Gasteiger partial charge in [0.15, 0.2) is 11.5 Å². The van der Waals surface area contributed by atoms with Crippen molar-refractivity contribution in [3.8, 4) is 11.5 Å². The van der Waals surface area contributed by atoms with Gasteiger partial charge >= 0.3 is 0 Å². The predicted molar refractivity (Wildman–Crippen MR) is 102 cm³/mol. The maximum atomic E-state index is 12.9. The molecule has 7 heteroatoms. The van der Waals surface area contributed by atoms with Crippen LogP contribution in [0.25, 0.3) is 0 Å². The molecular formula is C21H18FN3O3. The first-order valence-electron chi connectivity index (χ1n) is 8.78. The van der Waals surface area contributed by atoms with E-state index in [0.717, 1.165) is 28.3 Å². The Hall–Kier alpha value is -3.61. The van der Waals surface area contributed by atoms with Crippen molar-refractivity contribution in [1.82, 2.24) is 10.3 Å². The van der Waals surface area contributed by atoms with Crippen LogP contribution in [0.4, 0.5) is 10.1 Å². The molecule has 28 heavy (non-hydrogen) atoms. The van der Waals surface area contributed by atoms with Crippen molar-refractivity contribution >= 4 is 11.6 Å². The van der Waals surface area contributed by atoms with Gasteiger partial charge in [0, 0.05) is 25.0 Å². The van der Waals surface area contributed by atoms with Crippen LogP contribution >= 0.6 is 0 Å². The van der Waals surface area contributed by atoms with Gasteiger partial charge in [0.25, 0.3) is 5.91 Å². The molecule has 0 fully saturated rings. The first kappa shape index (κ1) is 17.8. The van der Waals surface area contributed by atoms with Gasteiger partial charge < -0.3 is 20.1 Å². The van der Waals surface area contributed by atoms with E-state index >= 15 is 0 Å². The van der Waals surface area contributed by atoms with Crippen LogP contribution in [0.5, 0.6) is 11.5 Å². The fraction of sp³-hybridized carbons (Fsp3) is 0.143. The number of halogens is 1. The summed E-state index contributed by atoms with van der Waals surface area (Å²) in [4.78, 5) is 16.5. The number of rotatable bonds is 6. The quantitative estimate of drug-likeness (QED) is 0.686. The molecule has 2 heterocycles. The van der Waals surface area contributed by atoms with Crippen LogP contribution in [0.15, 0.2) is 60.8 Å². The van der Waals surface area contributed by atoms with E-state index in [2.05, 4.69) is 15.6 Å². The number of nitrogens with zero attached hydrogens (tertiary/aromatic N) is 1. The largest absolute Gasteiger partial charge is 0.454 e. The number of benzene rings is 2. The van der Waals surface area contributed by atoms with Crippen molar-refractivity contribution in [3.63, 3.8) is 0 Å². The fourth-order valence-electron chi connectivity index (χ4n) is 2.79. The van der Waals surface area contributed by atoms with Crippen molar-refractivity contribution < 1.29 is 18.7 Å². The maximum Gasteiger partial charge on any atom is 0.270 e. The molecule has 0 bridgehead atoms. The van der Waals surface area contributed by atoms with Crippen LogP contribution in [-0.4, -0.2) is 17.7 Å². The Balaban J connectivity index is 1.35. The zero-order valence-corrected chi connectivity index (χ0v) is 14.9. The second kappa shape index (κ2) is 7.96. The molecule has 4 rings (SSSR count). The van der Waals surface area contributed by atoms with E-state index < -0.39 is 0 Å². The number of nitrogens with one attached hydrogen (secondary N) is 2. The van der Waals surface area contributed by atoms with Crippen molar-refractivity contribution in [2.45, 2.75) is 13.1 Å². The van der Waals surface area contributed by atoms with Crippen LogP contribution in [0, 0.1) is 5.82 Å². The normalized spacial score (nSPS) is 11.9. The molecule has 0 saturated heterocycles. The molecule has 0 saturated carbocycles. The van der Waals surface area contributed by atoms with Crippen LogP contribution in [0.2, 0.25) is 0 Å². The first-order valence-corrected chi connectivity index (χ1v) is 8.78. The van der Waals surface area contributed by atoms with Crippen molar-refractivity contribution in [2.75, 3.05) is 12.1 Å². The van der Waals surface area contributed by atoms with Crippen molar-refractivity contribution in [2.24, 2.45) is 0 Å². The van der Waals surface area contributed by atoms with Gasteiger partial charge in [-0.1, -0.05) is 18.2 Å². The zero-order valence-electron chi connectivity index (χ0n) is 14.9. The number of amides is 1. The number of ether oxygens (including phenoxy) is 2. The monoisotopic (exact) mass is 379 g/mol. The summed E-state index contributed by atoms with van der Waals surface area (Å²) in [6.45, 7) is 1.11. The van der Waals surface area contributed by atoms with Crippen LogP contribution in [0.1, 0.15) is 21.6 Å². The standard InChI is InChI=1S/C21H18FN3O3/c22-16-4-1-14(2-5-16)11-25-21(26)18-10-17(7-8-23-18)24-12-15-3-6-19-20(9-15)28-13-27-19/h1-10H,11-13H2,(H,23,24)(H,25,26). The molecule has 6 nitrogen and oxygen atoms in total. The topological polar surface area (TPSA) is 72.5 Å². The van der Waals surface area contributed by atoms with Gasteiger partial charge in [0.05, 0.1) is 0 Å². The van der Waals surface area contributed by atoms with E-state index in [4.69, 9.17) is 9.47 Å². The average molecular weight is 379 g/mol. The highest BCUT2D eigenvalue weighted by molar-refractivity contribution is 5.93. The molecular weight excluding hydrogens is 361 g/mol. The molecule has 0 spiro atoms. The lowest BCUT2D eigenvalue weighted by Crippen LogP contribution is -2.23. The van der Waals surface area contributed by atoms with Gasteiger partial charge in [-0.3, -0.25) is 9.78 Å². The van der Waals surface area contributed by atoms with Crippen molar-refractivity contribution in [1.29, 1.82) is 0 Å². The average Bonchev–Trinajstić information content (AvgIpc) is 3.20. The number of carbonyl (C=O) groups is 1. The van der Waals surface area contributed by atoms with Gasteiger partial charge in [-0.25, -0.2) is 4.39 Å². The third kappa shape index (κ3) is 4.20. The van der Waals surface area contributed by atoms with Gasteiger partial charge in [0.2, 0.25) is 6.79 Å². The first-order chi connectivity index (χ1) is 13.7. The van der Waals surface area contributed by atoms with Gasteiger partial charge in [-0.05, 0) is 47.5 Å². The van der Waals surface area contributed by atoms with E-state index in [1.807, 2.05) is 18.2 Å². The van der Waals surface area contributed by atoms with E-state index in [0.29, 0.717) is 18.8 Å². The minimum Gasteiger partial charge on any atom is -0.454 e. The summed E-state index contributed by atoms with van der Waals surface area (Å²) in [6, 6.07) is 15.2. The molecule has 0 unspecified atom stereocenters. The Labute approximate surface area is 161 Å². The molecule has 1 aromatic heterocycles. The highest BCUT2D eigenvalue weighted by Gasteiger charge is 2.13. The van der Waals surface area contributed by atoms with E-state index in [9.17, 15) is 9.18 Å². The second-order valence-corrected chi connectivity index (χ2v) is 6.28. The summed E-state index contributed by atoms with van der Waals surface area (Å²) in [5.41, 5.74) is 2.92. The van der Waals surface area contributed by atoms with Gasteiger partial charge in [-0.2, -0.15) is 0 Å². The Bertz CT molecular complexity index is 992. The summed E-state index contributed by atoms with van der Waals surface area (Å²) in [7, 11) is 0. The minimum atomic E-state index is -0.307. The molecule has 142 valence electrons. The molecule has 3 aromatic rings. The Morgan fingerprint density at radius 1 is 0.964 bits per heavy atom. The SMILES string of the molecule is O=C(NCc1ccc(F)cc1)c1cc(NCc2ccc3c(c2)OCO3)ccn1. The summed E-state index contributed by atoms with van der Waals surface area (Å²) in [6.07, 6.45) is 1.58. The molecule has 0 atom stereocenters. The van der Waals surface area contributed by atoms with E-state index in [1.54, 1.807) is 30.5 Å². The lowest BCUT2D eigenvalue weighted by atomic mass is 10.2. The Morgan fingerprint density at radius 3 is 2.61 bits per heavy atom.